The molecule has 0 saturated carbocycles. The van der Waals surface area contributed by atoms with E-state index in [9.17, 15) is 9.18 Å². The molecule has 0 atom stereocenters. The van der Waals surface area contributed by atoms with Crippen molar-refractivity contribution in [3.63, 3.8) is 0 Å². The summed E-state index contributed by atoms with van der Waals surface area (Å²) in [5, 5.41) is 11.2. The highest BCUT2D eigenvalue weighted by molar-refractivity contribution is 5.75. The van der Waals surface area contributed by atoms with Gasteiger partial charge in [0.05, 0.1) is 0 Å². The highest BCUT2D eigenvalue weighted by Gasteiger charge is 2.00. The summed E-state index contributed by atoms with van der Waals surface area (Å²) in [6, 6.07) is 6.32. The van der Waals surface area contributed by atoms with Crippen molar-refractivity contribution in [3.05, 3.63) is 35.6 Å². The number of hydrogen-bond acceptors (Lipinski definition) is 2. The molecule has 0 unspecified atom stereocenters. The molecule has 0 spiro atoms. The Bertz CT molecular complexity index is 342. The minimum absolute atomic E-state index is 0.0251. The second-order valence-electron chi connectivity index (χ2n) is 3.56. The van der Waals surface area contributed by atoms with Crippen molar-refractivity contribution in [2.45, 2.75) is 19.3 Å². The van der Waals surface area contributed by atoms with Gasteiger partial charge in [-0.1, -0.05) is 12.1 Å². The van der Waals surface area contributed by atoms with Crippen molar-refractivity contribution in [1.82, 2.24) is 5.32 Å². The van der Waals surface area contributed by atoms with Gasteiger partial charge in [0.1, 0.15) is 5.82 Å². The van der Waals surface area contributed by atoms with Crippen molar-refractivity contribution in [2.75, 3.05) is 13.2 Å². The van der Waals surface area contributed by atoms with Crippen molar-refractivity contribution in [2.24, 2.45) is 0 Å². The molecule has 1 aromatic rings. The fraction of sp³-hybridized carbons (Fsp3) is 0.417. The number of carbonyl (C=O) groups is 1. The third-order valence-electron chi connectivity index (χ3n) is 2.19. The van der Waals surface area contributed by atoms with Crippen LogP contribution in [0.1, 0.15) is 18.4 Å². The van der Waals surface area contributed by atoms with Gasteiger partial charge in [-0.3, -0.25) is 4.79 Å². The zero-order chi connectivity index (χ0) is 11.8. The topological polar surface area (TPSA) is 49.3 Å². The van der Waals surface area contributed by atoms with Crippen molar-refractivity contribution >= 4 is 5.91 Å². The van der Waals surface area contributed by atoms with Crippen LogP contribution in [0.3, 0.4) is 0 Å². The Morgan fingerprint density at radius 3 is 2.94 bits per heavy atom. The summed E-state index contributed by atoms with van der Waals surface area (Å²) >= 11 is 0. The van der Waals surface area contributed by atoms with Crippen LogP contribution in [-0.4, -0.2) is 24.2 Å². The predicted molar refractivity (Wildman–Crippen MR) is 59.4 cm³/mol. The van der Waals surface area contributed by atoms with E-state index < -0.39 is 0 Å². The maximum Gasteiger partial charge on any atom is 0.220 e. The van der Waals surface area contributed by atoms with Crippen LogP contribution in [-0.2, 0) is 11.2 Å². The molecule has 0 aliphatic heterocycles. The Morgan fingerprint density at radius 2 is 2.25 bits per heavy atom. The van der Waals surface area contributed by atoms with E-state index in [1.807, 2.05) is 6.07 Å². The minimum Gasteiger partial charge on any atom is -0.396 e. The van der Waals surface area contributed by atoms with Gasteiger partial charge in [-0.15, -0.1) is 0 Å². The first-order chi connectivity index (χ1) is 7.72. The van der Waals surface area contributed by atoms with Gasteiger partial charge in [-0.25, -0.2) is 4.39 Å². The molecule has 0 aromatic heterocycles. The number of carbonyl (C=O) groups excluding carboxylic acids is 1. The molecule has 0 radical (unpaired) electrons. The molecule has 0 aliphatic carbocycles. The fourth-order valence-electron chi connectivity index (χ4n) is 1.37. The zero-order valence-electron chi connectivity index (χ0n) is 9.08. The molecule has 2 N–H and O–H groups in total. The summed E-state index contributed by atoms with van der Waals surface area (Å²) < 4.78 is 12.8. The highest BCUT2D eigenvalue weighted by atomic mass is 19.1. The number of halogens is 1. The number of aliphatic hydroxyl groups is 1. The zero-order valence-corrected chi connectivity index (χ0v) is 9.08. The van der Waals surface area contributed by atoms with Gasteiger partial charge < -0.3 is 10.4 Å². The van der Waals surface area contributed by atoms with Crippen LogP contribution in [0.25, 0.3) is 0 Å². The molecular formula is C12H16FNO2. The number of aliphatic hydroxyl groups excluding tert-OH is 1. The molecule has 1 amide bonds. The number of nitrogens with one attached hydrogen (secondary N) is 1. The normalized spacial score (nSPS) is 10.1. The Labute approximate surface area is 94.3 Å². The number of amides is 1. The summed E-state index contributed by atoms with van der Waals surface area (Å²) in [6.07, 6.45) is 1.42. The van der Waals surface area contributed by atoms with Crippen LogP contribution in [0.5, 0.6) is 0 Å². The Morgan fingerprint density at radius 1 is 1.44 bits per heavy atom. The van der Waals surface area contributed by atoms with Crippen molar-refractivity contribution in [3.8, 4) is 0 Å². The van der Waals surface area contributed by atoms with E-state index in [2.05, 4.69) is 5.32 Å². The summed E-state index contributed by atoms with van der Waals surface area (Å²) in [7, 11) is 0. The average molecular weight is 225 g/mol. The van der Waals surface area contributed by atoms with Crippen LogP contribution in [0, 0.1) is 5.82 Å². The lowest BCUT2D eigenvalue weighted by Crippen LogP contribution is -2.25. The van der Waals surface area contributed by atoms with E-state index in [1.165, 1.54) is 12.1 Å². The van der Waals surface area contributed by atoms with Crippen molar-refractivity contribution < 1.29 is 14.3 Å². The van der Waals surface area contributed by atoms with Crippen LogP contribution < -0.4 is 5.32 Å². The Balaban J connectivity index is 2.22. The predicted octanol–water partition coefficient (Wildman–Crippen LogP) is 1.26. The van der Waals surface area contributed by atoms with Gasteiger partial charge in [0, 0.05) is 19.6 Å². The van der Waals surface area contributed by atoms with Crippen molar-refractivity contribution in [1.29, 1.82) is 0 Å². The lowest BCUT2D eigenvalue weighted by Gasteiger charge is -2.04. The third-order valence-corrected chi connectivity index (χ3v) is 2.19. The molecule has 0 aliphatic rings. The van der Waals surface area contributed by atoms with E-state index in [0.717, 1.165) is 5.56 Å². The van der Waals surface area contributed by atoms with Gasteiger partial charge >= 0.3 is 0 Å². The first-order valence-corrected chi connectivity index (χ1v) is 5.34. The number of hydrogen-bond donors (Lipinski definition) is 2. The monoisotopic (exact) mass is 225 g/mol. The standard InChI is InChI=1S/C12H16FNO2/c13-11-4-1-3-10(9-11)6-7-14-12(16)5-2-8-15/h1,3-4,9,15H,2,5-8H2,(H,14,16). The molecular weight excluding hydrogens is 209 g/mol. The van der Waals surface area contributed by atoms with Gasteiger partial charge in [-0.2, -0.15) is 0 Å². The van der Waals surface area contributed by atoms with E-state index in [-0.39, 0.29) is 18.3 Å². The van der Waals surface area contributed by atoms with Crippen LogP contribution >= 0.6 is 0 Å². The molecule has 0 saturated heterocycles. The largest absolute Gasteiger partial charge is 0.396 e. The quantitative estimate of drug-likeness (QED) is 0.765. The van der Waals surface area contributed by atoms with Crippen LogP contribution in [0.15, 0.2) is 24.3 Å². The number of benzene rings is 1. The number of rotatable bonds is 6. The van der Waals surface area contributed by atoms with E-state index in [4.69, 9.17) is 5.11 Å². The second-order valence-corrected chi connectivity index (χ2v) is 3.56. The third kappa shape index (κ3) is 4.89. The van der Waals surface area contributed by atoms with Gasteiger partial charge in [0.15, 0.2) is 0 Å². The van der Waals surface area contributed by atoms with E-state index in [1.54, 1.807) is 6.07 Å². The maximum absolute atomic E-state index is 12.8. The lowest BCUT2D eigenvalue weighted by molar-refractivity contribution is -0.121. The summed E-state index contributed by atoms with van der Waals surface area (Å²) in [5.74, 6) is -0.338. The second kappa shape index (κ2) is 6.95. The smallest absolute Gasteiger partial charge is 0.220 e. The molecule has 0 bridgehead atoms. The van der Waals surface area contributed by atoms with E-state index >= 15 is 0 Å². The fourth-order valence-corrected chi connectivity index (χ4v) is 1.37. The maximum atomic E-state index is 12.8. The Kier molecular flexibility index (Phi) is 5.50. The first kappa shape index (κ1) is 12.6. The van der Waals surface area contributed by atoms with Gasteiger partial charge in [0.2, 0.25) is 5.91 Å². The Hall–Kier alpha value is -1.42. The first-order valence-electron chi connectivity index (χ1n) is 5.34. The summed E-state index contributed by atoms with van der Waals surface area (Å²) in [5.41, 5.74) is 0.863. The highest BCUT2D eigenvalue weighted by Crippen LogP contribution is 2.03. The average Bonchev–Trinajstić information content (AvgIpc) is 2.26. The molecule has 1 aromatic carbocycles. The SMILES string of the molecule is O=C(CCCO)NCCc1cccc(F)c1. The van der Waals surface area contributed by atoms with Crippen LogP contribution in [0.2, 0.25) is 0 Å². The molecule has 16 heavy (non-hydrogen) atoms. The van der Waals surface area contributed by atoms with Gasteiger partial charge in [0.25, 0.3) is 0 Å². The molecule has 4 heteroatoms. The lowest BCUT2D eigenvalue weighted by atomic mass is 10.1. The molecule has 88 valence electrons. The van der Waals surface area contributed by atoms with E-state index in [0.29, 0.717) is 25.8 Å². The minimum atomic E-state index is -0.260. The van der Waals surface area contributed by atoms with Gasteiger partial charge in [-0.05, 0) is 30.5 Å². The summed E-state index contributed by atoms with van der Waals surface area (Å²) in [6.45, 7) is 0.519. The summed E-state index contributed by atoms with van der Waals surface area (Å²) in [4.78, 5) is 11.2. The molecule has 0 heterocycles. The van der Waals surface area contributed by atoms with Crippen LogP contribution in [0.4, 0.5) is 4.39 Å². The molecule has 1 rings (SSSR count). The molecule has 0 fully saturated rings. The molecule has 3 nitrogen and oxygen atoms in total.